The molecule has 1 N–H and O–H groups in total. The van der Waals surface area contributed by atoms with Crippen LogP contribution in [0.5, 0.6) is 5.75 Å². The summed E-state index contributed by atoms with van der Waals surface area (Å²) in [7, 11) is 3.24. The first-order chi connectivity index (χ1) is 6.27. The van der Waals surface area contributed by atoms with Gasteiger partial charge in [-0.1, -0.05) is 22.0 Å². The highest BCUT2D eigenvalue weighted by Crippen LogP contribution is 2.22. The van der Waals surface area contributed by atoms with Crippen LogP contribution in [0.15, 0.2) is 22.7 Å². The van der Waals surface area contributed by atoms with Gasteiger partial charge in [0.05, 0.1) is 14.2 Å². The van der Waals surface area contributed by atoms with Crippen LogP contribution in [0.25, 0.3) is 0 Å². The lowest BCUT2D eigenvalue weighted by atomic mass is 10.2. The fourth-order valence-corrected chi connectivity index (χ4v) is 1.45. The zero-order valence-electron chi connectivity index (χ0n) is 7.63. The fourth-order valence-electron chi connectivity index (χ4n) is 0.948. The average Bonchev–Trinajstić information content (AvgIpc) is 2.16. The molecule has 0 atom stereocenters. The minimum atomic E-state index is 0.668. The summed E-state index contributed by atoms with van der Waals surface area (Å²) in [5.41, 5.74) is 3.90. The third-order valence-corrected chi connectivity index (χ3v) is 2.41. The number of benzene rings is 1. The number of hydrogen-bond acceptors (Lipinski definition) is 3. The smallest absolute Gasteiger partial charge is 0.120 e. The summed E-state index contributed by atoms with van der Waals surface area (Å²) in [5, 5.41) is 0. The van der Waals surface area contributed by atoms with Gasteiger partial charge in [0.1, 0.15) is 5.75 Å². The van der Waals surface area contributed by atoms with Crippen LogP contribution in [0.3, 0.4) is 0 Å². The Morgan fingerprint density at radius 3 is 2.69 bits per heavy atom. The van der Waals surface area contributed by atoms with Crippen molar-refractivity contribution in [1.82, 2.24) is 5.48 Å². The van der Waals surface area contributed by atoms with E-state index in [-0.39, 0.29) is 0 Å². The maximum atomic E-state index is 5.07. The van der Waals surface area contributed by atoms with Gasteiger partial charge in [0.25, 0.3) is 0 Å². The van der Waals surface area contributed by atoms with Crippen molar-refractivity contribution in [1.29, 1.82) is 0 Å². The predicted molar refractivity (Wildman–Crippen MR) is 54.5 cm³/mol. The van der Waals surface area contributed by atoms with Gasteiger partial charge < -0.3 is 9.57 Å². The summed E-state index contributed by atoms with van der Waals surface area (Å²) >= 11 is 3.44. The Hall–Kier alpha value is -0.580. The third-order valence-electron chi connectivity index (χ3n) is 1.67. The average molecular weight is 246 g/mol. The van der Waals surface area contributed by atoms with Crippen LogP contribution in [0.1, 0.15) is 5.56 Å². The molecule has 0 aliphatic carbocycles. The Balaban J connectivity index is 2.73. The molecule has 0 heterocycles. The third kappa shape index (κ3) is 2.99. The van der Waals surface area contributed by atoms with Crippen LogP contribution in [0, 0.1) is 0 Å². The van der Waals surface area contributed by atoms with Crippen molar-refractivity contribution in [3.63, 3.8) is 0 Å². The predicted octanol–water partition coefficient (Wildman–Crippen LogP) is 2.11. The lowest BCUT2D eigenvalue weighted by molar-refractivity contribution is 0.0865. The van der Waals surface area contributed by atoms with Crippen LogP contribution < -0.4 is 10.2 Å². The van der Waals surface area contributed by atoms with E-state index >= 15 is 0 Å². The summed E-state index contributed by atoms with van der Waals surface area (Å²) in [5.74, 6) is 0.841. The molecule has 0 aromatic heterocycles. The van der Waals surface area contributed by atoms with Gasteiger partial charge in [-0.3, -0.25) is 0 Å². The van der Waals surface area contributed by atoms with E-state index in [1.165, 1.54) is 0 Å². The van der Waals surface area contributed by atoms with Gasteiger partial charge in [-0.2, -0.15) is 5.48 Å². The lowest BCUT2D eigenvalue weighted by Crippen LogP contribution is -2.11. The highest BCUT2D eigenvalue weighted by atomic mass is 79.9. The van der Waals surface area contributed by atoms with Crippen molar-refractivity contribution < 1.29 is 9.57 Å². The van der Waals surface area contributed by atoms with Gasteiger partial charge in [-0.15, -0.1) is 0 Å². The molecule has 3 nitrogen and oxygen atoms in total. The summed E-state index contributed by atoms with van der Waals surface area (Å²) in [6, 6.07) is 5.82. The van der Waals surface area contributed by atoms with Gasteiger partial charge in [0.2, 0.25) is 0 Å². The Morgan fingerprint density at radius 1 is 1.38 bits per heavy atom. The molecule has 0 fully saturated rings. The maximum absolute atomic E-state index is 5.07. The maximum Gasteiger partial charge on any atom is 0.120 e. The SMILES string of the molecule is CONCc1ccc(OC)cc1Br. The zero-order chi connectivity index (χ0) is 9.68. The summed E-state index contributed by atoms with van der Waals surface area (Å²) in [6.07, 6.45) is 0. The first-order valence-corrected chi connectivity index (χ1v) is 4.65. The van der Waals surface area contributed by atoms with Crippen molar-refractivity contribution in [3.8, 4) is 5.75 Å². The van der Waals surface area contributed by atoms with Crippen molar-refractivity contribution in [3.05, 3.63) is 28.2 Å². The minimum Gasteiger partial charge on any atom is -0.497 e. The molecule has 0 spiro atoms. The molecule has 0 bridgehead atoms. The Bertz CT molecular complexity index is 278. The molecule has 0 unspecified atom stereocenters. The normalized spacial score (nSPS) is 10.1. The first kappa shape index (κ1) is 10.5. The van der Waals surface area contributed by atoms with Gasteiger partial charge in [-0.05, 0) is 17.7 Å². The molecule has 4 heteroatoms. The Labute approximate surface area is 86.1 Å². The number of ether oxygens (including phenoxy) is 1. The number of hydrogen-bond donors (Lipinski definition) is 1. The number of nitrogens with one attached hydrogen (secondary N) is 1. The molecule has 0 saturated heterocycles. The van der Waals surface area contributed by atoms with Gasteiger partial charge in [0.15, 0.2) is 0 Å². The summed E-state index contributed by atoms with van der Waals surface area (Å²) in [6.45, 7) is 0.668. The standard InChI is InChI=1S/C9H12BrNO2/c1-12-8-4-3-7(6-11-13-2)9(10)5-8/h3-5,11H,6H2,1-2H3. The molecule has 0 radical (unpaired) electrons. The number of hydroxylamine groups is 1. The second-order valence-corrected chi connectivity index (χ2v) is 3.34. The lowest BCUT2D eigenvalue weighted by Gasteiger charge is -2.06. The highest BCUT2D eigenvalue weighted by molar-refractivity contribution is 9.10. The van der Waals surface area contributed by atoms with Crippen molar-refractivity contribution in [2.75, 3.05) is 14.2 Å². The van der Waals surface area contributed by atoms with E-state index in [2.05, 4.69) is 21.4 Å². The Morgan fingerprint density at radius 2 is 2.15 bits per heavy atom. The monoisotopic (exact) mass is 245 g/mol. The van der Waals surface area contributed by atoms with E-state index < -0.39 is 0 Å². The molecule has 1 aromatic carbocycles. The molecule has 72 valence electrons. The molecule has 0 saturated carbocycles. The van der Waals surface area contributed by atoms with E-state index in [0.29, 0.717) is 6.54 Å². The molecule has 0 aliphatic rings. The van der Waals surface area contributed by atoms with Gasteiger partial charge in [0, 0.05) is 11.0 Å². The van der Waals surface area contributed by atoms with E-state index in [4.69, 9.17) is 9.57 Å². The number of halogens is 1. The van der Waals surface area contributed by atoms with Crippen LogP contribution in [-0.2, 0) is 11.4 Å². The largest absolute Gasteiger partial charge is 0.497 e. The molecule has 1 aromatic rings. The molecular formula is C9H12BrNO2. The van der Waals surface area contributed by atoms with Gasteiger partial charge >= 0.3 is 0 Å². The van der Waals surface area contributed by atoms with Gasteiger partial charge in [-0.25, -0.2) is 0 Å². The first-order valence-electron chi connectivity index (χ1n) is 3.86. The van der Waals surface area contributed by atoms with Crippen molar-refractivity contribution >= 4 is 15.9 Å². The van der Waals surface area contributed by atoms with Crippen molar-refractivity contribution in [2.45, 2.75) is 6.54 Å². The van der Waals surface area contributed by atoms with E-state index in [9.17, 15) is 0 Å². The summed E-state index contributed by atoms with van der Waals surface area (Å²) < 4.78 is 6.08. The molecular weight excluding hydrogens is 234 g/mol. The van der Waals surface area contributed by atoms with Crippen LogP contribution in [0.2, 0.25) is 0 Å². The molecule has 0 aliphatic heterocycles. The number of methoxy groups -OCH3 is 1. The van der Waals surface area contributed by atoms with Crippen LogP contribution in [-0.4, -0.2) is 14.2 Å². The van der Waals surface area contributed by atoms with Crippen molar-refractivity contribution in [2.24, 2.45) is 0 Å². The highest BCUT2D eigenvalue weighted by Gasteiger charge is 2.00. The topological polar surface area (TPSA) is 30.5 Å². The van der Waals surface area contributed by atoms with Crippen LogP contribution in [0.4, 0.5) is 0 Å². The molecule has 1 rings (SSSR count). The van der Waals surface area contributed by atoms with E-state index in [0.717, 1.165) is 15.8 Å². The molecule has 0 amide bonds. The van der Waals surface area contributed by atoms with Crippen LogP contribution >= 0.6 is 15.9 Å². The Kier molecular flexibility index (Phi) is 4.21. The quantitative estimate of drug-likeness (QED) is 0.825. The fraction of sp³-hybridized carbons (Fsp3) is 0.333. The second kappa shape index (κ2) is 5.21. The zero-order valence-corrected chi connectivity index (χ0v) is 9.22. The van der Waals surface area contributed by atoms with E-state index in [1.54, 1.807) is 14.2 Å². The number of rotatable bonds is 4. The van der Waals surface area contributed by atoms with E-state index in [1.807, 2.05) is 18.2 Å². The second-order valence-electron chi connectivity index (χ2n) is 2.48. The minimum absolute atomic E-state index is 0.668. The summed E-state index contributed by atoms with van der Waals surface area (Å²) in [4.78, 5) is 4.76. The molecule has 13 heavy (non-hydrogen) atoms.